The standard InChI is InChI=1S/C21H32N2O3S.C21H29NO2S.C17H23ClN2O3.CO2/c1-6-16(5)27-20-12-15(4)18(13-19(20)23(25)26)21(24)22(14(2)3)17-10-8-7-9-11-17;1-13(2)22(17-8-6-5-7-9-17)21(24)18-11-16-12-19(23)15(4)25-20(16)10-14(18)3;1-11(2)19(13-7-5-4-6-8-13)17(21)14-10-16(20(22)23)15(18)9-12(14)3;2-1-3/h12-14,16-17H,6-11H2,1-5H3;10-11,13,15,17H,5-9,12H2,1-4H3;9-11,13H,4-8H2,1-3H3;. The lowest BCUT2D eigenvalue weighted by Crippen LogP contribution is -2.46. The second kappa shape index (κ2) is 31.1. The molecule has 15 nitrogen and oxygen atoms in total. The highest BCUT2D eigenvalue weighted by Crippen LogP contribution is 2.39. The minimum absolute atomic E-state index is 0.0165. The van der Waals surface area contributed by atoms with Gasteiger partial charge in [-0.3, -0.25) is 39.4 Å². The molecule has 1 heterocycles. The van der Waals surface area contributed by atoms with Crippen LogP contribution in [0.4, 0.5) is 11.4 Å². The number of carbonyl (C=O) groups excluding carboxylic acids is 6. The second-order valence-electron chi connectivity index (χ2n) is 22.2. The summed E-state index contributed by atoms with van der Waals surface area (Å²) in [6.45, 7) is 24.0. The van der Waals surface area contributed by atoms with Gasteiger partial charge in [0.15, 0.2) is 0 Å². The highest BCUT2D eigenvalue weighted by Gasteiger charge is 2.34. The molecule has 3 amide bonds. The highest BCUT2D eigenvalue weighted by atomic mass is 35.5. The van der Waals surface area contributed by atoms with Crippen molar-refractivity contribution in [1.29, 1.82) is 0 Å². The van der Waals surface area contributed by atoms with Crippen LogP contribution in [-0.4, -0.2) is 101 Å². The Morgan fingerprint density at radius 2 is 0.987 bits per heavy atom. The number of hydrogen-bond acceptors (Lipinski definition) is 12. The highest BCUT2D eigenvalue weighted by molar-refractivity contribution is 8.00. The van der Waals surface area contributed by atoms with E-state index < -0.39 is 4.92 Å². The van der Waals surface area contributed by atoms with Crippen molar-refractivity contribution in [3.8, 4) is 0 Å². The van der Waals surface area contributed by atoms with Gasteiger partial charge in [-0.2, -0.15) is 9.59 Å². The summed E-state index contributed by atoms with van der Waals surface area (Å²) in [4.78, 5) is 97.7. The second-order valence-corrected chi connectivity index (χ2v) is 25.4. The molecule has 18 heteroatoms. The van der Waals surface area contributed by atoms with Gasteiger partial charge >= 0.3 is 6.15 Å². The van der Waals surface area contributed by atoms with Crippen LogP contribution in [-0.2, 0) is 20.8 Å². The molecule has 0 aromatic heterocycles. The number of halogens is 1. The normalized spacial score (nSPS) is 17.2. The van der Waals surface area contributed by atoms with Crippen molar-refractivity contribution in [3.63, 3.8) is 0 Å². The van der Waals surface area contributed by atoms with E-state index in [2.05, 4.69) is 38.7 Å². The largest absolute Gasteiger partial charge is 0.373 e. The maximum absolute atomic E-state index is 13.4. The number of Topliss-reactive ketones (excluding diaryl/α,β-unsaturated/α-hetero) is 1. The van der Waals surface area contributed by atoms with Crippen molar-refractivity contribution in [2.75, 3.05) is 0 Å². The van der Waals surface area contributed by atoms with Gasteiger partial charge in [0, 0.05) is 81.6 Å². The van der Waals surface area contributed by atoms with Crippen LogP contribution in [0, 0.1) is 41.0 Å². The first kappa shape index (κ1) is 65.4. The Hall–Kier alpha value is -5.09. The molecule has 2 atom stereocenters. The summed E-state index contributed by atoms with van der Waals surface area (Å²) in [5, 5.41) is 23.1. The van der Waals surface area contributed by atoms with Crippen molar-refractivity contribution in [2.45, 2.75) is 249 Å². The number of fused-ring (bicyclic) bond motifs is 1. The number of rotatable bonds is 14. The topological polar surface area (TPSA) is 198 Å². The van der Waals surface area contributed by atoms with Gasteiger partial charge < -0.3 is 14.7 Å². The fourth-order valence-electron chi connectivity index (χ4n) is 11.2. The number of hydrogen-bond donors (Lipinski definition) is 0. The molecule has 428 valence electrons. The number of benzene rings is 3. The predicted molar refractivity (Wildman–Crippen MR) is 311 cm³/mol. The van der Waals surface area contributed by atoms with E-state index in [0.717, 1.165) is 97.8 Å². The Bertz CT molecular complexity index is 2620. The monoisotopic (exact) mass is 1130 g/mol. The molecule has 0 radical (unpaired) electrons. The van der Waals surface area contributed by atoms with E-state index in [1.165, 1.54) is 62.1 Å². The smallest absolute Gasteiger partial charge is 0.333 e. The van der Waals surface area contributed by atoms with Gasteiger partial charge in [0.2, 0.25) is 0 Å². The van der Waals surface area contributed by atoms with Gasteiger partial charge in [0.05, 0.1) is 20.0 Å². The number of nitrogens with zero attached hydrogens (tertiary/aromatic N) is 5. The molecule has 2 unspecified atom stereocenters. The first-order valence-electron chi connectivity index (χ1n) is 28.1. The lowest BCUT2D eigenvalue weighted by atomic mass is 9.92. The van der Waals surface area contributed by atoms with Crippen molar-refractivity contribution in [2.24, 2.45) is 0 Å². The van der Waals surface area contributed by atoms with Gasteiger partial charge in [-0.1, -0.05) is 83.2 Å². The average Bonchev–Trinajstić information content (AvgIpc) is 3.39. The van der Waals surface area contributed by atoms with Crippen LogP contribution >= 0.6 is 35.1 Å². The van der Waals surface area contributed by atoms with E-state index in [0.29, 0.717) is 39.3 Å². The SMILES string of the molecule is CCC(C)Sc1cc(C)c(C(=O)N(C(C)C)C2CCCCC2)cc1[N+](=O)[O-].Cc1cc(Cl)c([N+](=O)[O-])cc1C(=O)N(C(C)C)C1CCCCC1.Cc1cc2c(cc1C(=O)N(C(C)C)C1CCCCC1)CC(=O)C(C)S2.O=C=O. The summed E-state index contributed by atoms with van der Waals surface area (Å²) in [5.41, 5.74) is 4.99. The molecular weight excluding hydrogens is 1050 g/mol. The number of thioether (sulfide) groups is 2. The van der Waals surface area contributed by atoms with Crippen molar-refractivity contribution in [3.05, 3.63) is 101 Å². The lowest BCUT2D eigenvalue weighted by molar-refractivity contribution is -0.387. The van der Waals surface area contributed by atoms with Crippen LogP contribution in [0.15, 0.2) is 46.2 Å². The summed E-state index contributed by atoms with van der Waals surface area (Å²) in [5.74, 6) is 0.188. The Balaban J connectivity index is 0.000000246. The molecule has 0 saturated heterocycles. The molecule has 0 bridgehead atoms. The molecule has 1 aliphatic heterocycles. The number of amides is 3. The zero-order valence-corrected chi connectivity index (χ0v) is 50.5. The maximum atomic E-state index is 13.4. The summed E-state index contributed by atoms with van der Waals surface area (Å²) in [7, 11) is 0. The average molecular weight is 1130 g/mol. The van der Waals surface area contributed by atoms with Crippen molar-refractivity contribution in [1.82, 2.24) is 14.7 Å². The van der Waals surface area contributed by atoms with E-state index in [1.807, 2.05) is 70.4 Å². The summed E-state index contributed by atoms with van der Waals surface area (Å²) < 4.78 is 0. The number of ketones is 1. The van der Waals surface area contributed by atoms with E-state index in [9.17, 15) is 39.4 Å². The van der Waals surface area contributed by atoms with Gasteiger partial charge in [0.1, 0.15) is 10.8 Å². The summed E-state index contributed by atoms with van der Waals surface area (Å²) in [6.07, 6.45) is 18.6. The molecule has 7 rings (SSSR count). The molecule has 0 spiro atoms. The van der Waals surface area contributed by atoms with E-state index in [-0.39, 0.29) is 86.4 Å². The van der Waals surface area contributed by atoms with Crippen LogP contribution in [0.25, 0.3) is 0 Å². The van der Waals surface area contributed by atoms with Gasteiger partial charge in [-0.15, -0.1) is 23.5 Å². The molecular formula is C60H84ClN5O10S2. The third-order valence-electron chi connectivity index (χ3n) is 15.4. The maximum Gasteiger partial charge on any atom is 0.373 e. The van der Waals surface area contributed by atoms with Gasteiger partial charge in [0.25, 0.3) is 29.1 Å². The van der Waals surface area contributed by atoms with Crippen LogP contribution in [0.3, 0.4) is 0 Å². The molecule has 4 aliphatic rings. The third-order valence-corrected chi connectivity index (χ3v) is 18.3. The number of aryl methyl sites for hydroxylation is 3. The first-order chi connectivity index (χ1) is 36.9. The zero-order valence-electron chi connectivity index (χ0n) is 48.1. The first-order valence-corrected chi connectivity index (χ1v) is 30.2. The summed E-state index contributed by atoms with van der Waals surface area (Å²) >= 11 is 9.06. The van der Waals surface area contributed by atoms with Gasteiger partial charge in [-0.25, -0.2) is 0 Å². The molecule has 0 N–H and O–H groups in total. The number of carbonyl (C=O) groups is 4. The Morgan fingerprint density at radius 1 is 0.628 bits per heavy atom. The minimum atomic E-state index is -0.543. The number of nitro benzene ring substituents is 2. The molecule has 3 aromatic rings. The Kier molecular flexibility index (Phi) is 26.0. The van der Waals surface area contributed by atoms with E-state index >= 15 is 0 Å². The van der Waals surface area contributed by atoms with Crippen molar-refractivity contribution < 1.29 is 38.6 Å². The Morgan fingerprint density at radius 3 is 1.36 bits per heavy atom. The fourth-order valence-corrected chi connectivity index (χ4v) is 13.7. The van der Waals surface area contributed by atoms with Crippen molar-refractivity contribution >= 4 is 76.2 Å². The van der Waals surface area contributed by atoms with Crippen LogP contribution in [0.5, 0.6) is 0 Å². The number of nitro groups is 2. The van der Waals surface area contributed by atoms with Crippen LogP contribution in [0.2, 0.25) is 5.02 Å². The zero-order chi connectivity index (χ0) is 58.1. The molecule has 3 aromatic carbocycles. The fraction of sp³-hybridized carbons (Fsp3) is 0.617. The predicted octanol–water partition coefficient (Wildman–Crippen LogP) is 14.9. The third kappa shape index (κ3) is 17.5. The van der Waals surface area contributed by atoms with Crippen LogP contribution < -0.4 is 0 Å². The molecule has 3 saturated carbocycles. The quantitative estimate of drug-likeness (QED) is 0.0842. The van der Waals surface area contributed by atoms with E-state index in [1.54, 1.807) is 18.7 Å². The summed E-state index contributed by atoms with van der Waals surface area (Å²) in [6, 6.07) is 11.4. The van der Waals surface area contributed by atoms with Crippen LogP contribution in [0.1, 0.15) is 218 Å². The minimum Gasteiger partial charge on any atom is -0.333 e. The Labute approximate surface area is 476 Å². The molecule has 3 fully saturated rings. The molecule has 78 heavy (non-hydrogen) atoms. The van der Waals surface area contributed by atoms with Gasteiger partial charge in [-0.05, 0) is 161 Å². The molecule has 3 aliphatic carbocycles. The van der Waals surface area contributed by atoms with E-state index in [4.69, 9.17) is 21.2 Å². The lowest BCUT2D eigenvalue weighted by Gasteiger charge is -2.38.